The summed E-state index contributed by atoms with van der Waals surface area (Å²) in [7, 11) is 0. The smallest absolute Gasteiger partial charge is 0.129 e. The summed E-state index contributed by atoms with van der Waals surface area (Å²) in [5.41, 5.74) is 1.29. The molecule has 1 aliphatic rings. The zero-order chi connectivity index (χ0) is 11.5. The van der Waals surface area contributed by atoms with Gasteiger partial charge in [0.05, 0.1) is 6.67 Å². The fourth-order valence-corrected chi connectivity index (χ4v) is 2.20. The van der Waals surface area contributed by atoms with Crippen LogP contribution in [0.5, 0.6) is 0 Å². The number of hydrogen-bond donors (Lipinski definition) is 1. The van der Waals surface area contributed by atoms with E-state index in [1.54, 1.807) is 0 Å². The average molecular weight is 229 g/mol. The lowest BCUT2D eigenvalue weighted by atomic mass is 10.1. The van der Waals surface area contributed by atoms with Gasteiger partial charge in [0.15, 0.2) is 0 Å². The lowest BCUT2D eigenvalue weighted by molar-refractivity contribution is 0.437. The Kier molecular flexibility index (Phi) is 3.49. The van der Waals surface area contributed by atoms with E-state index in [1.807, 2.05) is 0 Å². The Morgan fingerprint density at radius 1 is 1.31 bits per heavy atom. The van der Waals surface area contributed by atoms with Crippen LogP contribution in [0.4, 0.5) is 13.2 Å². The second-order valence-corrected chi connectivity index (χ2v) is 4.04. The minimum absolute atomic E-state index is 0.0354. The van der Waals surface area contributed by atoms with Gasteiger partial charge in [-0.05, 0) is 43.0 Å². The van der Waals surface area contributed by atoms with Gasteiger partial charge >= 0.3 is 0 Å². The first kappa shape index (κ1) is 11.5. The van der Waals surface area contributed by atoms with Crippen LogP contribution in [0.15, 0.2) is 12.1 Å². The van der Waals surface area contributed by atoms with Crippen molar-refractivity contribution in [2.24, 2.45) is 0 Å². The van der Waals surface area contributed by atoms with Crippen LogP contribution in [0, 0.1) is 11.6 Å². The SMILES string of the molecule is FCCCNC1CCc2c(F)cc(F)cc21. The van der Waals surface area contributed by atoms with E-state index in [2.05, 4.69) is 5.32 Å². The number of benzene rings is 1. The van der Waals surface area contributed by atoms with Gasteiger partial charge < -0.3 is 5.32 Å². The van der Waals surface area contributed by atoms with Gasteiger partial charge in [-0.3, -0.25) is 4.39 Å². The van der Waals surface area contributed by atoms with E-state index in [9.17, 15) is 13.2 Å². The topological polar surface area (TPSA) is 12.0 Å². The van der Waals surface area contributed by atoms with Crippen LogP contribution >= 0.6 is 0 Å². The van der Waals surface area contributed by atoms with Crippen LogP contribution < -0.4 is 5.32 Å². The van der Waals surface area contributed by atoms with Gasteiger partial charge in [-0.2, -0.15) is 0 Å². The van der Waals surface area contributed by atoms with Gasteiger partial charge in [-0.15, -0.1) is 0 Å². The zero-order valence-electron chi connectivity index (χ0n) is 8.90. The molecule has 1 atom stereocenters. The molecule has 4 heteroatoms. The van der Waals surface area contributed by atoms with Gasteiger partial charge in [0, 0.05) is 12.1 Å². The molecule has 1 aliphatic carbocycles. The molecule has 88 valence electrons. The van der Waals surface area contributed by atoms with Crippen molar-refractivity contribution in [2.45, 2.75) is 25.3 Å². The normalized spacial score (nSPS) is 18.8. The summed E-state index contributed by atoms with van der Waals surface area (Å²) < 4.78 is 38.4. The number of hydrogen-bond acceptors (Lipinski definition) is 1. The Balaban J connectivity index is 2.12. The van der Waals surface area contributed by atoms with Gasteiger partial charge in [-0.25, -0.2) is 8.78 Å². The van der Waals surface area contributed by atoms with E-state index >= 15 is 0 Å². The standard InChI is InChI=1S/C12H14F3N/c13-4-1-5-16-12-3-2-9-10(12)6-8(14)7-11(9)15/h6-7,12,16H,1-5H2. The Hall–Kier alpha value is -1.03. The highest BCUT2D eigenvalue weighted by atomic mass is 19.1. The Bertz CT molecular complexity index is 379. The largest absolute Gasteiger partial charge is 0.310 e. The molecule has 0 aromatic heterocycles. The van der Waals surface area contributed by atoms with E-state index in [0.717, 1.165) is 12.5 Å². The Morgan fingerprint density at radius 2 is 2.12 bits per heavy atom. The molecule has 1 aromatic carbocycles. The van der Waals surface area contributed by atoms with E-state index in [4.69, 9.17) is 0 Å². The molecule has 0 radical (unpaired) electrons. The van der Waals surface area contributed by atoms with Crippen LogP contribution in [-0.2, 0) is 6.42 Å². The van der Waals surface area contributed by atoms with Gasteiger partial charge in [0.25, 0.3) is 0 Å². The lowest BCUT2D eigenvalue weighted by Gasteiger charge is -2.13. The molecule has 0 heterocycles. The molecule has 16 heavy (non-hydrogen) atoms. The van der Waals surface area contributed by atoms with Crippen LogP contribution in [0.25, 0.3) is 0 Å². The number of halogens is 3. The minimum Gasteiger partial charge on any atom is -0.310 e. The maximum atomic E-state index is 13.4. The summed E-state index contributed by atoms with van der Waals surface area (Å²) in [6, 6.07) is 2.26. The van der Waals surface area contributed by atoms with E-state index in [-0.39, 0.29) is 12.7 Å². The fraction of sp³-hybridized carbons (Fsp3) is 0.500. The van der Waals surface area contributed by atoms with Crippen molar-refractivity contribution in [1.29, 1.82) is 0 Å². The summed E-state index contributed by atoms with van der Waals surface area (Å²) in [5, 5.41) is 3.12. The molecule has 1 N–H and O–H groups in total. The molecule has 0 fully saturated rings. The molecule has 0 spiro atoms. The first-order valence-electron chi connectivity index (χ1n) is 5.49. The molecule has 0 amide bonds. The fourth-order valence-electron chi connectivity index (χ4n) is 2.20. The molecule has 0 saturated heterocycles. The average Bonchev–Trinajstić information content (AvgIpc) is 2.62. The van der Waals surface area contributed by atoms with Crippen molar-refractivity contribution >= 4 is 0 Å². The van der Waals surface area contributed by atoms with Crippen molar-refractivity contribution in [3.05, 3.63) is 34.9 Å². The highest BCUT2D eigenvalue weighted by Gasteiger charge is 2.25. The highest BCUT2D eigenvalue weighted by Crippen LogP contribution is 2.33. The number of alkyl halides is 1. The number of nitrogens with one attached hydrogen (secondary N) is 1. The first-order chi connectivity index (χ1) is 7.72. The maximum absolute atomic E-state index is 13.4. The van der Waals surface area contributed by atoms with Crippen molar-refractivity contribution < 1.29 is 13.2 Å². The van der Waals surface area contributed by atoms with Gasteiger partial charge in [-0.1, -0.05) is 0 Å². The van der Waals surface area contributed by atoms with Crippen molar-refractivity contribution in [3.63, 3.8) is 0 Å². The van der Waals surface area contributed by atoms with Crippen molar-refractivity contribution in [1.82, 2.24) is 5.32 Å². The van der Waals surface area contributed by atoms with Gasteiger partial charge in [0.1, 0.15) is 11.6 Å². The summed E-state index contributed by atoms with van der Waals surface area (Å²) in [6.45, 7) is 0.169. The van der Waals surface area contributed by atoms with Crippen LogP contribution in [0.2, 0.25) is 0 Å². The van der Waals surface area contributed by atoms with E-state index in [1.165, 1.54) is 6.07 Å². The molecular formula is C12H14F3N. The summed E-state index contributed by atoms with van der Waals surface area (Å²) >= 11 is 0. The third-order valence-corrected chi connectivity index (χ3v) is 2.95. The van der Waals surface area contributed by atoms with Crippen molar-refractivity contribution in [3.8, 4) is 0 Å². The summed E-state index contributed by atoms with van der Waals surface area (Å²) in [5.74, 6) is -1.01. The second kappa shape index (κ2) is 4.87. The second-order valence-electron chi connectivity index (χ2n) is 4.04. The predicted molar refractivity (Wildman–Crippen MR) is 56.0 cm³/mol. The monoisotopic (exact) mass is 229 g/mol. The molecular weight excluding hydrogens is 215 g/mol. The van der Waals surface area contributed by atoms with Crippen LogP contribution in [0.1, 0.15) is 30.0 Å². The van der Waals surface area contributed by atoms with Crippen molar-refractivity contribution in [2.75, 3.05) is 13.2 Å². The quantitative estimate of drug-likeness (QED) is 0.783. The van der Waals surface area contributed by atoms with Gasteiger partial charge in [0.2, 0.25) is 0 Å². The molecule has 0 bridgehead atoms. The molecule has 2 rings (SSSR count). The lowest BCUT2D eigenvalue weighted by Crippen LogP contribution is -2.20. The highest BCUT2D eigenvalue weighted by molar-refractivity contribution is 5.36. The molecule has 1 nitrogen and oxygen atoms in total. The zero-order valence-corrected chi connectivity index (χ0v) is 8.90. The molecule has 0 saturated carbocycles. The predicted octanol–water partition coefficient (Wildman–Crippen LogP) is 2.90. The maximum Gasteiger partial charge on any atom is 0.129 e. The number of fused-ring (bicyclic) bond motifs is 1. The summed E-state index contributed by atoms with van der Waals surface area (Å²) in [6.07, 6.45) is 1.81. The van der Waals surface area contributed by atoms with Crippen LogP contribution in [-0.4, -0.2) is 13.2 Å². The third kappa shape index (κ3) is 2.21. The Labute approximate surface area is 92.7 Å². The molecule has 1 aromatic rings. The molecule has 0 aliphatic heterocycles. The molecule has 1 unspecified atom stereocenters. The summed E-state index contributed by atoms with van der Waals surface area (Å²) in [4.78, 5) is 0. The first-order valence-corrected chi connectivity index (χ1v) is 5.49. The number of rotatable bonds is 4. The third-order valence-electron chi connectivity index (χ3n) is 2.95. The van der Waals surface area contributed by atoms with E-state index in [0.29, 0.717) is 30.5 Å². The van der Waals surface area contributed by atoms with E-state index < -0.39 is 11.6 Å². The Morgan fingerprint density at radius 3 is 2.88 bits per heavy atom. The minimum atomic E-state index is -0.546. The van der Waals surface area contributed by atoms with Crippen LogP contribution in [0.3, 0.4) is 0 Å².